The number of aryl methyl sites for hydroxylation is 1. The summed E-state index contributed by atoms with van der Waals surface area (Å²) < 4.78 is 6.09. The molecule has 158 valence electrons. The molecule has 30 heavy (non-hydrogen) atoms. The van der Waals surface area contributed by atoms with Gasteiger partial charge in [-0.15, -0.1) is 0 Å². The van der Waals surface area contributed by atoms with E-state index in [2.05, 4.69) is 10.3 Å². The lowest BCUT2D eigenvalue weighted by Crippen LogP contribution is -2.36. The molecule has 2 saturated heterocycles. The van der Waals surface area contributed by atoms with Crippen LogP contribution in [-0.2, 0) is 0 Å². The van der Waals surface area contributed by atoms with E-state index in [4.69, 9.17) is 4.74 Å². The minimum atomic E-state index is -0.185. The van der Waals surface area contributed by atoms with Crippen LogP contribution in [0.1, 0.15) is 41.6 Å². The molecule has 3 amide bonds. The van der Waals surface area contributed by atoms with Gasteiger partial charge >= 0.3 is 6.03 Å². The largest absolute Gasteiger partial charge is 0.472 e. The Morgan fingerprint density at radius 2 is 1.83 bits per heavy atom. The van der Waals surface area contributed by atoms with E-state index in [1.165, 1.54) is 6.42 Å². The number of para-hydroxylation sites is 1. The van der Waals surface area contributed by atoms with E-state index < -0.39 is 0 Å². The number of piperidine rings is 1. The van der Waals surface area contributed by atoms with Crippen LogP contribution in [0.4, 0.5) is 10.5 Å². The van der Waals surface area contributed by atoms with Crippen LogP contribution in [0, 0.1) is 6.92 Å². The van der Waals surface area contributed by atoms with Gasteiger partial charge in [0, 0.05) is 37.9 Å². The second-order valence-corrected chi connectivity index (χ2v) is 7.93. The maximum atomic E-state index is 12.9. The Labute approximate surface area is 177 Å². The van der Waals surface area contributed by atoms with Gasteiger partial charge < -0.3 is 19.9 Å². The molecule has 7 nitrogen and oxygen atoms in total. The van der Waals surface area contributed by atoms with E-state index >= 15 is 0 Å². The van der Waals surface area contributed by atoms with Crippen molar-refractivity contribution < 1.29 is 14.3 Å². The van der Waals surface area contributed by atoms with Gasteiger partial charge in [0.1, 0.15) is 11.7 Å². The number of hydrogen-bond donors (Lipinski definition) is 1. The van der Waals surface area contributed by atoms with E-state index in [9.17, 15) is 9.59 Å². The Bertz CT molecular complexity index is 911. The minimum absolute atomic E-state index is 0.0232. The fourth-order valence-corrected chi connectivity index (χ4v) is 3.99. The van der Waals surface area contributed by atoms with Crippen molar-refractivity contribution >= 4 is 17.6 Å². The molecule has 1 aromatic carbocycles. The quantitative estimate of drug-likeness (QED) is 0.837. The standard InChI is InChI=1S/C23H28N4O3/c1-17-8-3-4-10-20(17)25-23(29)27-15-11-18(16-27)30-21-19(9-7-12-24-21)22(28)26-13-5-2-6-14-26/h3-4,7-10,12,18H,2,5-6,11,13-16H2,1H3,(H,25,29). The highest BCUT2D eigenvalue weighted by molar-refractivity contribution is 5.96. The lowest BCUT2D eigenvalue weighted by Gasteiger charge is -2.27. The zero-order valence-electron chi connectivity index (χ0n) is 17.3. The number of amides is 3. The van der Waals surface area contributed by atoms with Gasteiger partial charge in [-0.05, 0) is 49.9 Å². The zero-order chi connectivity index (χ0) is 20.9. The van der Waals surface area contributed by atoms with Crippen molar-refractivity contribution in [3.63, 3.8) is 0 Å². The summed E-state index contributed by atoms with van der Waals surface area (Å²) >= 11 is 0. The monoisotopic (exact) mass is 408 g/mol. The summed E-state index contributed by atoms with van der Waals surface area (Å²) in [5.74, 6) is 0.337. The van der Waals surface area contributed by atoms with Crippen LogP contribution in [0.5, 0.6) is 5.88 Å². The molecule has 4 rings (SSSR count). The zero-order valence-corrected chi connectivity index (χ0v) is 17.3. The molecule has 1 unspecified atom stereocenters. The third-order valence-electron chi connectivity index (χ3n) is 5.74. The number of benzene rings is 1. The van der Waals surface area contributed by atoms with Crippen LogP contribution in [0.2, 0.25) is 0 Å². The lowest BCUT2D eigenvalue weighted by molar-refractivity contribution is 0.0715. The second-order valence-electron chi connectivity index (χ2n) is 7.93. The molecule has 0 aliphatic carbocycles. The third-order valence-corrected chi connectivity index (χ3v) is 5.74. The fraction of sp³-hybridized carbons (Fsp3) is 0.435. The summed E-state index contributed by atoms with van der Waals surface area (Å²) in [5, 5.41) is 2.96. The van der Waals surface area contributed by atoms with Crippen LogP contribution in [0.25, 0.3) is 0 Å². The molecule has 2 fully saturated rings. The van der Waals surface area contributed by atoms with E-state index in [1.54, 1.807) is 23.2 Å². The van der Waals surface area contributed by atoms with Crippen molar-refractivity contribution in [2.45, 2.75) is 38.7 Å². The van der Waals surface area contributed by atoms with Crippen molar-refractivity contribution in [1.82, 2.24) is 14.8 Å². The normalized spacial score (nSPS) is 18.9. The van der Waals surface area contributed by atoms with Gasteiger partial charge in [0.2, 0.25) is 5.88 Å². The van der Waals surface area contributed by atoms with Crippen LogP contribution >= 0.6 is 0 Å². The van der Waals surface area contributed by atoms with Gasteiger partial charge in [-0.3, -0.25) is 4.79 Å². The van der Waals surface area contributed by atoms with Crippen molar-refractivity contribution in [3.8, 4) is 5.88 Å². The SMILES string of the molecule is Cc1ccccc1NC(=O)N1CCC(Oc2ncccc2C(=O)N2CCCCC2)C1. The van der Waals surface area contributed by atoms with E-state index in [0.29, 0.717) is 31.0 Å². The number of rotatable bonds is 4. The van der Waals surface area contributed by atoms with E-state index in [-0.39, 0.29) is 18.0 Å². The molecule has 7 heteroatoms. The molecule has 2 aromatic rings. The number of nitrogens with one attached hydrogen (secondary N) is 1. The first-order valence-corrected chi connectivity index (χ1v) is 10.6. The van der Waals surface area contributed by atoms with Gasteiger partial charge in [0.25, 0.3) is 5.91 Å². The number of carbonyl (C=O) groups is 2. The maximum Gasteiger partial charge on any atom is 0.321 e. The molecule has 0 saturated carbocycles. The maximum absolute atomic E-state index is 12.9. The molecular weight excluding hydrogens is 380 g/mol. The summed E-state index contributed by atoms with van der Waals surface area (Å²) in [4.78, 5) is 33.5. The number of hydrogen-bond acceptors (Lipinski definition) is 4. The van der Waals surface area contributed by atoms with E-state index in [0.717, 1.165) is 37.2 Å². The molecule has 1 aromatic heterocycles. The Morgan fingerprint density at radius 1 is 1.03 bits per heavy atom. The Hall–Kier alpha value is -3.09. The first-order valence-electron chi connectivity index (χ1n) is 10.6. The van der Waals surface area contributed by atoms with Gasteiger partial charge in [0.05, 0.1) is 6.54 Å². The highest BCUT2D eigenvalue weighted by atomic mass is 16.5. The molecule has 0 spiro atoms. The number of urea groups is 1. The Kier molecular flexibility index (Phi) is 6.16. The number of pyridine rings is 1. The summed E-state index contributed by atoms with van der Waals surface area (Å²) in [6.07, 6.45) is 5.40. The van der Waals surface area contributed by atoms with Crippen LogP contribution in [0.3, 0.4) is 0 Å². The summed E-state index contributed by atoms with van der Waals surface area (Å²) in [7, 11) is 0. The molecule has 0 radical (unpaired) electrons. The molecule has 1 atom stereocenters. The average molecular weight is 409 g/mol. The highest BCUT2D eigenvalue weighted by Crippen LogP contribution is 2.24. The number of ether oxygens (including phenoxy) is 1. The topological polar surface area (TPSA) is 74.8 Å². The van der Waals surface area contributed by atoms with Crippen molar-refractivity contribution in [3.05, 3.63) is 53.7 Å². The molecule has 0 bridgehead atoms. The Morgan fingerprint density at radius 3 is 2.63 bits per heavy atom. The smallest absolute Gasteiger partial charge is 0.321 e. The van der Waals surface area contributed by atoms with Gasteiger partial charge in [0.15, 0.2) is 0 Å². The summed E-state index contributed by atoms with van der Waals surface area (Å²) in [6.45, 7) is 4.59. The molecule has 2 aliphatic heterocycles. The third kappa shape index (κ3) is 4.56. The summed E-state index contributed by atoms with van der Waals surface area (Å²) in [5.41, 5.74) is 2.33. The second kappa shape index (κ2) is 9.15. The molecule has 2 aliphatic rings. The number of carbonyl (C=O) groups excluding carboxylic acids is 2. The predicted octanol–water partition coefficient (Wildman–Crippen LogP) is 3.70. The van der Waals surface area contributed by atoms with Gasteiger partial charge in [-0.2, -0.15) is 0 Å². The number of aromatic nitrogens is 1. The highest BCUT2D eigenvalue weighted by Gasteiger charge is 2.30. The van der Waals surface area contributed by atoms with Crippen LogP contribution in [0.15, 0.2) is 42.6 Å². The summed E-state index contributed by atoms with van der Waals surface area (Å²) in [6, 6.07) is 11.1. The van der Waals surface area contributed by atoms with Crippen molar-refractivity contribution in [2.75, 3.05) is 31.5 Å². The first kappa shape index (κ1) is 20.2. The van der Waals surface area contributed by atoms with E-state index in [1.807, 2.05) is 36.1 Å². The number of nitrogens with zero attached hydrogens (tertiary/aromatic N) is 3. The lowest BCUT2D eigenvalue weighted by atomic mass is 10.1. The first-order chi connectivity index (χ1) is 14.6. The van der Waals surface area contributed by atoms with Crippen LogP contribution in [-0.4, -0.2) is 59.0 Å². The Balaban J connectivity index is 1.38. The predicted molar refractivity (Wildman–Crippen MR) is 115 cm³/mol. The number of likely N-dealkylation sites (tertiary alicyclic amines) is 2. The van der Waals surface area contributed by atoms with Crippen molar-refractivity contribution in [2.24, 2.45) is 0 Å². The van der Waals surface area contributed by atoms with Crippen molar-refractivity contribution in [1.29, 1.82) is 0 Å². The molecular formula is C23H28N4O3. The van der Waals surface area contributed by atoms with Gasteiger partial charge in [-0.25, -0.2) is 9.78 Å². The molecule has 1 N–H and O–H groups in total. The van der Waals surface area contributed by atoms with Gasteiger partial charge in [-0.1, -0.05) is 18.2 Å². The molecule has 3 heterocycles. The fourth-order valence-electron chi connectivity index (χ4n) is 3.99. The minimum Gasteiger partial charge on any atom is -0.472 e. The number of anilines is 1. The van der Waals surface area contributed by atoms with Crippen LogP contribution < -0.4 is 10.1 Å². The average Bonchev–Trinajstić information content (AvgIpc) is 3.24.